The van der Waals surface area contributed by atoms with Gasteiger partial charge in [0.1, 0.15) is 0 Å². The lowest BCUT2D eigenvalue weighted by molar-refractivity contribution is -0.134. The van der Waals surface area contributed by atoms with Gasteiger partial charge in [0.2, 0.25) is 0 Å². The third kappa shape index (κ3) is 740. The van der Waals surface area contributed by atoms with Gasteiger partial charge in [-0.2, -0.15) is 0 Å². The largest absolute Gasteiger partial charge is 0.483 e. The van der Waals surface area contributed by atoms with Gasteiger partial charge >= 0.3 is 0 Å². The topological polar surface area (TPSA) is 115 Å². The summed E-state index contributed by atoms with van der Waals surface area (Å²) in [4.78, 5) is 17.4. The molecule has 0 aliphatic carbocycles. The molecular weight excluding hydrogens is 168 g/mol. The van der Waals surface area contributed by atoms with Crippen molar-refractivity contribution in [2.24, 2.45) is 0 Å². The Hall–Kier alpha value is -1.14. The van der Waals surface area contributed by atoms with Crippen molar-refractivity contribution in [2.45, 2.75) is 13.3 Å². The smallest absolute Gasteiger partial charge is 0.300 e. The Morgan fingerprint density at radius 1 is 1.33 bits per heavy atom. The molecule has 0 atom stereocenters. The van der Waals surface area contributed by atoms with Crippen molar-refractivity contribution < 1.29 is 30.0 Å². The predicted molar refractivity (Wildman–Crippen MR) is 40.8 cm³/mol. The van der Waals surface area contributed by atoms with E-state index in [0.29, 0.717) is 6.42 Å². The first-order valence-corrected chi connectivity index (χ1v) is 3.05. The second-order valence-electron chi connectivity index (χ2n) is 1.43. The molecule has 0 aliphatic heterocycles. The number of rotatable bonds is 2. The van der Waals surface area contributed by atoms with Crippen LogP contribution in [-0.2, 0) is 9.59 Å². The van der Waals surface area contributed by atoms with Crippen LogP contribution in [0.3, 0.4) is 0 Å². The number of carboxylic acid groups (broad SMARTS) is 2. The van der Waals surface area contributed by atoms with Gasteiger partial charge in [-0.05, 0) is 6.42 Å². The van der Waals surface area contributed by atoms with E-state index in [0.717, 1.165) is 6.92 Å². The van der Waals surface area contributed by atoms with Crippen LogP contribution in [0.5, 0.6) is 0 Å². The maximum Gasteiger partial charge on any atom is 0.300 e. The van der Waals surface area contributed by atoms with Gasteiger partial charge in [0, 0.05) is 20.1 Å². The Kier molecular flexibility index (Phi) is 32.1. The normalized spacial score (nSPS) is 6.58. The van der Waals surface area contributed by atoms with Crippen LogP contribution in [0.1, 0.15) is 13.3 Å². The minimum absolute atomic E-state index is 0.0938. The third-order valence-corrected chi connectivity index (χ3v) is 0.316. The number of carboxylic acids is 1. The zero-order chi connectivity index (χ0) is 10.4. The number of hydrogen-bond donors (Lipinski definition) is 4. The molecule has 0 aromatic heterocycles. The van der Waals surface area contributed by atoms with E-state index in [1.807, 2.05) is 0 Å². The van der Waals surface area contributed by atoms with Crippen LogP contribution in [0, 0.1) is 0 Å². The lowest BCUT2D eigenvalue weighted by Crippen LogP contribution is -1.85. The highest BCUT2D eigenvalue weighted by Gasteiger charge is 1.70. The average molecular weight is 182 g/mol. The Balaban J connectivity index is -0.000000105. The molecule has 0 unspecified atom stereocenters. The molecule has 6 heteroatoms. The first-order chi connectivity index (χ1) is 5.56. The van der Waals surface area contributed by atoms with Crippen LogP contribution >= 0.6 is 0 Å². The molecule has 74 valence electrons. The molecule has 6 nitrogen and oxygen atoms in total. The summed E-state index contributed by atoms with van der Waals surface area (Å²) < 4.78 is 0. The molecule has 0 radical (unpaired) electrons. The van der Waals surface area contributed by atoms with Crippen molar-refractivity contribution in [1.29, 1.82) is 0 Å². The maximum atomic E-state index is 9.00. The molecule has 0 amide bonds. The molecular formula is C6H14O6. The van der Waals surface area contributed by atoms with Gasteiger partial charge in [0.25, 0.3) is 12.4 Å². The first kappa shape index (κ1) is 17.1. The van der Waals surface area contributed by atoms with Gasteiger partial charge in [0.15, 0.2) is 0 Å². The number of aliphatic carboxylic acids is 1. The monoisotopic (exact) mass is 182 g/mol. The van der Waals surface area contributed by atoms with Crippen molar-refractivity contribution in [3.05, 3.63) is 0 Å². The number of aliphatic hydroxyl groups is 2. The van der Waals surface area contributed by atoms with Gasteiger partial charge in [-0.3, -0.25) is 9.59 Å². The fourth-order valence-electron chi connectivity index (χ4n) is 0.0707. The van der Waals surface area contributed by atoms with E-state index in [1.165, 1.54) is 0 Å². The van der Waals surface area contributed by atoms with E-state index in [4.69, 9.17) is 30.0 Å². The van der Waals surface area contributed by atoms with Crippen LogP contribution < -0.4 is 0 Å². The number of aliphatic hydroxyl groups excluding tert-OH is 2. The summed E-state index contributed by atoms with van der Waals surface area (Å²) in [5.41, 5.74) is 0. The van der Waals surface area contributed by atoms with Crippen molar-refractivity contribution in [3.8, 4) is 0 Å². The molecule has 0 saturated carbocycles. The second kappa shape index (κ2) is 22.5. The summed E-state index contributed by atoms with van der Waals surface area (Å²) >= 11 is 0. The van der Waals surface area contributed by atoms with Crippen molar-refractivity contribution >= 4 is 12.4 Å². The molecule has 0 aliphatic rings. The molecule has 0 bridgehead atoms. The minimum atomic E-state index is -0.833. The molecule has 4 N–H and O–H groups in total. The Morgan fingerprint density at radius 2 is 1.50 bits per heavy atom. The first-order valence-electron chi connectivity index (χ1n) is 3.05. The molecule has 0 fully saturated rings. The van der Waals surface area contributed by atoms with Crippen molar-refractivity contribution in [3.63, 3.8) is 0 Å². The van der Waals surface area contributed by atoms with Crippen LogP contribution in [0.2, 0.25) is 0 Å². The summed E-state index contributed by atoms with van der Waals surface area (Å²) in [5, 5.41) is 30.1. The Morgan fingerprint density at radius 3 is 1.50 bits per heavy atom. The molecule has 0 aromatic carbocycles. The zero-order valence-corrected chi connectivity index (χ0v) is 6.80. The quantitative estimate of drug-likeness (QED) is 0.413. The summed E-state index contributed by atoms with van der Waals surface area (Å²) in [7, 11) is 0. The van der Waals surface area contributed by atoms with Gasteiger partial charge < -0.3 is 20.4 Å². The van der Waals surface area contributed by atoms with E-state index >= 15 is 0 Å². The fourth-order valence-corrected chi connectivity index (χ4v) is 0.0707. The van der Waals surface area contributed by atoms with E-state index < -0.39 is 5.97 Å². The summed E-state index contributed by atoms with van der Waals surface area (Å²) in [5.74, 6) is -0.833. The lowest BCUT2D eigenvalue weighted by atomic mass is 10.5. The predicted octanol–water partition coefficient (Wildman–Crippen LogP) is -0.847. The van der Waals surface area contributed by atoms with Crippen LogP contribution in [0.25, 0.3) is 0 Å². The zero-order valence-electron chi connectivity index (χ0n) is 6.80. The average Bonchev–Trinajstić information content (AvgIpc) is 1.89. The molecule has 0 heterocycles. The molecule has 0 spiro atoms. The Labute approximate surface area is 70.1 Å². The molecule has 0 rings (SSSR count). The third-order valence-electron chi connectivity index (χ3n) is 0.316. The molecule has 0 saturated heterocycles. The van der Waals surface area contributed by atoms with Crippen LogP contribution in [0.15, 0.2) is 0 Å². The van der Waals surface area contributed by atoms with Crippen molar-refractivity contribution in [1.82, 2.24) is 0 Å². The minimum Gasteiger partial charge on any atom is -0.483 e. The Bertz CT molecular complexity index is 86.0. The van der Waals surface area contributed by atoms with Crippen molar-refractivity contribution in [2.75, 3.05) is 13.2 Å². The highest BCUT2D eigenvalue weighted by Crippen LogP contribution is 1.65. The standard InChI is InChI=1S/C3H8O2.C2H4O2.CH2O2/c4-2-1-3-5;1-2(3)4;2-1-3/h4-5H,1-3H2;1H3,(H,3,4);1H,(H,2,3). The van der Waals surface area contributed by atoms with Gasteiger partial charge in [0.05, 0.1) is 0 Å². The van der Waals surface area contributed by atoms with E-state index in [9.17, 15) is 0 Å². The summed E-state index contributed by atoms with van der Waals surface area (Å²) in [6.07, 6.45) is 0.500. The van der Waals surface area contributed by atoms with E-state index in [-0.39, 0.29) is 19.7 Å². The lowest BCUT2D eigenvalue weighted by Gasteiger charge is -1.79. The highest BCUT2D eigenvalue weighted by atomic mass is 16.4. The van der Waals surface area contributed by atoms with E-state index in [1.54, 1.807) is 0 Å². The molecule has 0 aromatic rings. The SMILES string of the molecule is CC(=O)O.O=CO.OCCCO. The highest BCUT2D eigenvalue weighted by molar-refractivity contribution is 5.62. The van der Waals surface area contributed by atoms with Gasteiger partial charge in [-0.1, -0.05) is 0 Å². The van der Waals surface area contributed by atoms with Gasteiger partial charge in [-0.15, -0.1) is 0 Å². The second-order valence-corrected chi connectivity index (χ2v) is 1.43. The van der Waals surface area contributed by atoms with Crippen LogP contribution in [-0.4, -0.2) is 46.1 Å². The summed E-state index contributed by atoms with van der Waals surface area (Å²) in [6.45, 7) is 1.02. The van der Waals surface area contributed by atoms with Crippen LogP contribution in [0.4, 0.5) is 0 Å². The number of carbonyl (C=O) groups is 2. The maximum absolute atomic E-state index is 9.00. The van der Waals surface area contributed by atoms with E-state index in [2.05, 4.69) is 0 Å². The van der Waals surface area contributed by atoms with Gasteiger partial charge in [-0.25, -0.2) is 0 Å². The summed E-state index contributed by atoms with van der Waals surface area (Å²) in [6, 6.07) is 0. The number of hydrogen-bond acceptors (Lipinski definition) is 4. The molecule has 12 heavy (non-hydrogen) atoms. The fraction of sp³-hybridized carbons (Fsp3) is 0.667.